The number of aryl methyl sites for hydroxylation is 2. The van der Waals surface area contributed by atoms with Crippen molar-refractivity contribution in [2.24, 2.45) is 0 Å². The molecule has 4 heteroatoms. The number of unbranched alkanes of at least 4 members (excludes halogenated alkanes) is 3. The lowest BCUT2D eigenvalue weighted by atomic mass is 10.1. The van der Waals surface area contributed by atoms with E-state index < -0.39 is 0 Å². The highest BCUT2D eigenvalue weighted by Crippen LogP contribution is 2.09. The van der Waals surface area contributed by atoms with Crippen LogP contribution >= 0.6 is 0 Å². The third-order valence-corrected chi connectivity index (χ3v) is 3.93. The number of aromatic nitrogens is 1. The number of hydrogen-bond acceptors (Lipinski definition) is 4. The summed E-state index contributed by atoms with van der Waals surface area (Å²) in [6.07, 6.45) is 6.27. The first-order chi connectivity index (χ1) is 11.2. The van der Waals surface area contributed by atoms with Gasteiger partial charge in [-0.3, -0.25) is 0 Å². The lowest BCUT2D eigenvalue weighted by Gasteiger charge is -2.32. The molecule has 0 spiro atoms. The fourth-order valence-electron chi connectivity index (χ4n) is 2.60. The zero-order chi connectivity index (χ0) is 17.5. The van der Waals surface area contributed by atoms with Gasteiger partial charge in [-0.25, -0.2) is 0 Å². The van der Waals surface area contributed by atoms with E-state index in [1.165, 1.54) is 58.4 Å². The summed E-state index contributed by atoms with van der Waals surface area (Å²) in [5.74, 6) is 0.921. The molecule has 1 aliphatic heterocycles. The summed E-state index contributed by atoms with van der Waals surface area (Å²) in [6.45, 7) is 16.2. The lowest BCUT2D eigenvalue weighted by Crippen LogP contribution is -2.44. The molecular formula is C19H39N3O. The molecule has 1 aromatic rings. The summed E-state index contributed by atoms with van der Waals surface area (Å²) in [4.78, 5) is 5.01. The number of hydrogen-bond donors (Lipinski definition) is 0. The third-order valence-electron chi connectivity index (χ3n) is 3.93. The van der Waals surface area contributed by atoms with E-state index in [0.717, 1.165) is 17.9 Å². The fourth-order valence-corrected chi connectivity index (χ4v) is 2.60. The van der Waals surface area contributed by atoms with Crippen molar-refractivity contribution in [3.05, 3.63) is 17.5 Å². The van der Waals surface area contributed by atoms with Gasteiger partial charge in [0.25, 0.3) is 0 Å². The smallest absolute Gasteiger partial charge is 0.133 e. The van der Waals surface area contributed by atoms with Gasteiger partial charge in [-0.05, 0) is 39.8 Å². The van der Waals surface area contributed by atoms with Crippen LogP contribution in [-0.4, -0.2) is 54.7 Å². The van der Waals surface area contributed by atoms with E-state index in [1.807, 2.05) is 40.7 Å². The maximum atomic E-state index is 5.07. The second-order valence-corrected chi connectivity index (χ2v) is 5.74. The summed E-state index contributed by atoms with van der Waals surface area (Å²) in [5, 5.41) is 4.03. The van der Waals surface area contributed by atoms with Crippen LogP contribution in [-0.2, 0) is 6.42 Å². The molecule has 2 heterocycles. The van der Waals surface area contributed by atoms with Gasteiger partial charge in [0, 0.05) is 32.2 Å². The molecule has 1 saturated heterocycles. The standard InChI is InChI=1S/C15H27N3O.2C2H6/c1-14-13-15(16-19-14)7-5-3-4-6-8-18-11-9-17(2)10-12-18;2*1-2/h13H,3-12H2,1-2H3;2*1-2H3. The highest BCUT2D eigenvalue weighted by molar-refractivity contribution is 5.03. The number of rotatable bonds is 7. The molecule has 136 valence electrons. The second kappa shape index (κ2) is 14.7. The van der Waals surface area contributed by atoms with Crippen molar-refractivity contribution in [2.45, 2.75) is 66.7 Å². The molecule has 0 bridgehead atoms. The zero-order valence-electron chi connectivity index (χ0n) is 16.4. The molecule has 0 N–H and O–H groups in total. The average Bonchev–Trinajstić information content (AvgIpc) is 3.01. The van der Waals surface area contributed by atoms with Crippen molar-refractivity contribution in [1.82, 2.24) is 15.0 Å². The molecule has 0 unspecified atom stereocenters. The van der Waals surface area contributed by atoms with E-state index in [-0.39, 0.29) is 0 Å². The molecule has 0 radical (unpaired) electrons. The van der Waals surface area contributed by atoms with Crippen LogP contribution in [0.2, 0.25) is 0 Å². The normalized spacial score (nSPS) is 15.4. The van der Waals surface area contributed by atoms with Crippen molar-refractivity contribution in [3.63, 3.8) is 0 Å². The maximum Gasteiger partial charge on any atom is 0.133 e. The summed E-state index contributed by atoms with van der Waals surface area (Å²) in [5.41, 5.74) is 1.11. The van der Waals surface area contributed by atoms with E-state index in [4.69, 9.17) is 4.52 Å². The van der Waals surface area contributed by atoms with E-state index >= 15 is 0 Å². The van der Waals surface area contributed by atoms with Crippen molar-refractivity contribution in [3.8, 4) is 0 Å². The van der Waals surface area contributed by atoms with Gasteiger partial charge < -0.3 is 14.3 Å². The van der Waals surface area contributed by atoms with Crippen LogP contribution in [0.25, 0.3) is 0 Å². The van der Waals surface area contributed by atoms with Crippen LogP contribution in [0.15, 0.2) is 10.6 Å². The largest absolute Gasteiger partial charge is 0.361 e. The highest BCUT2D eigenvalue weighted by atomic mass is 16.5. The minimum atomic E-state index is 0.921. The van der Waals surface area contributed by atoms with Crippen LogP contribution in [0.1, 0.15) is 64.8 Å². The Kier molecular flexibility index (Phi) is 14.1. The first-order valence-electron chi connectivity index (χ1n) is 9.57. The molecule has 23 heavy (non-hydrogen) atoms. The predicted molar refractivity (Wildman–Crippen MR) is 100 cm³/mol. The molecule has 2 rings (SSSR count). The summed E-state index contributed by atoms with van der Waals surface area (Å²) >= 11 is 0. The molecular weight excluding hydrogens is 286 g/mol. The summed E-state index contributed by atoms with van der Waals surface area (Å²) in [7, 11) is 2.21. The Labute approximate surface area is 144 Å². The highest BCUT2D eigenvalue weighted by Gasteiger charge is 2.12. The Bertz CT molecular complexity index is 357. The first-order valence-corrected chi connectivity index (χ1v) is 9.57. The molecule has 1 aromatic heterocycles. The van der Waals surface area contributed by atoms with Gasteiger partial charge in [0.05, 0.1) is 5.69 Å². The Morgan fingerprint density at radius 3 is 2.13 bits per heavy atom. The van der Waals surface area contributed by atoms with Crippen LogP contribution in [0.3, 0.4) is 0 Å². The molecule has 0 aliphatic carbocycles. The molecule has 0 atom stereocenters. The zero-order valence-corrected chi connectivity index (χ0v) is 16.4. The predicted octanol–water partition coefficient (Wildman–Crippen LogP) is 4.39. The van der Waals surface area contributed by atoms with Crippen LogP contribution < -0.4 is 0 Å². The molecule has 0 amide bonds. The topological polar surface area (TPSA) is 32.5 Å². The first kappa shape index (κ1) is 22.1. The number of likely N-dealkylation sites (N-methyl/N-ethyl adjacent to an activating group) is 1. The van der Waals surface area contributed by atoms with Gasteiger partial charge in [0.15, 0.2) is 0 Å². The molecule has 0 saturated carbocycles. The molecule has 1 fully saturated rings. The maximum absolute atomic E-state index is 5.07. The Morgan fingerprint density at radius 1 is 0.957 bits per heavy atom. The number of nitrogens with zero attached hydrogens (tertiary/aromatic N) is 3. The molecule has 4 nitrogen and oxygen atoms in total. The van der Waals surface area contributed by atoms with E-state index in [2.05, 4.69) is 22.0 Å². The minimum Gasteiger partial charge on any atom is -0.361 e. The Hall–Kier alpha value is -0.870. The lowest BCUT2D eigenvalue weighted by molar-refractivity contribution is 0.152. The monoisotopic (exact) mass is 325 g/mol. The van der Waals surface area contributed by atoms with Gasteiger partial charge in [0.1, 0.15) is 5.76 Å². The van der Waals surface area contributed by atoms with Gasteiger partial charge in [-0.15, -0.1) is 0 Å². The van der Waals surface area contributed by atoms with Crippen LogP contribution in [0.5, 0.6) is 0 Å². The van der Waals surface area contributed by atoms with Gasteiger partial charge >= 0.3 is 0 Å². The van der Waals surface area contributed by atoms with Crippen molar-refractivity contribution < 1.29 is 4.52 Å². The Balaban J connectivity index is 0.00000112. The minimum absolute atomic E-state index is 0.921. The molecule has 1 aliphatic rings. The number of piperazine rings is 1. The van der Waals surface area contributed by atoms with Crippen LogP contribution in [0.4, 0.5) is 0 Å². The Morgan fingerprint density at radius 2 is 1.57 bits per heavy atom. The van der Waals surface area contributed by atoms with Crippen molar-refractivity contribution in [1.29, 1.82) is 0 Å². The molecule has 0 aromatic carbocycles. The second-order valence-electron chi connectivity index (χ2n) is 5.74. The third kappa shape index (κ3) is 10.5. The van der Waals surface area contributed by atoms with Crippen LogP contribution in [0, 0.1) is 6.92 Å². The van der Waals surface area contributed by atoms with Gasteiger partial charge in [-0.1, -0.05) is 45.7 Å². The fraction of sp³-hybridized carbons (Fsp3) is 0.842. The van der Waals surface area contributed by atoms with E-state index in [0.29, 0.717) is 0 Å². The SMILES string of the molecule is CC.CC.Cc1cc(CCCCCCN2CCN(C)CC2)no1. The van der Waals surface area contributed by atoms with Crippen molar-refractivity contribution in [2.75, 3.05) is 39.8 Å². The van der Waals surface area contributed by atoms with Crippen molar-refractivity contribution >= 4 is 0 Å². The van der Waals surface area contributed by atoms with Gasteiger partial charge in [0.2, 0.25) is 0 Å². The van der Waals surface area contributed by atoms with E-state index in [1.54, 1.807) is 0 Å². The average molecular weight is 326 g/mol. The van der Waals surface area contributed by atoms with E-state index in [9.17, 15) is 0 Å². The van der Waals surface area contributed by atoms with Gasteiger partial charge in [-0.2, -0.15) is 0 Å². The summed E-state index contributed by atoms with van der Waals surface area (Å²) in [6, 6.07) is 2.05. The summed E-state index contributed by atoms with van der Waals surface area (Å²) < 4.78 is 5.07. The quantitative estimate of drug-likeness (QED) is 0.696.